The van der Waals surface area contributed by atoms with Crippen LogP contribution in [0.15, 0.2) is 12.5 Å². The molecule has 0 fully saturated rings. The van der Waals surface area contributed by atoms with E-state index in [0.717, 1.165) is 13.0 Å². The van der Waals surface area contributed by atoms with Crippen molar-refractivity contribution in [1.29, 1.82) is 0 Å². The number of aliphatic hydroxyl groups excluding tert-OH is 2. The summed E-state index contributed by atoms with van der Waals surface area (Å²) in [5.41, 5.74) is 0.669. The van der Waals surface area contributed by atoms with Crippen molar-refractivity contribution >= 4 is 0 Å². The van der Waals surface area contributed by atoms with Crippen LogP contribution < -0.4 is 0 Å². The molecule has 0 radical (unpaired) electrons. The lowest BCUT2D eigenvalue weighted by atomic mass is 10.4. The first kappa shape index (κ1) is 8.23. The smallest absolute Gasteiger partial charge is 0.0950 e. The fourth-order valence-corrected chi connectivity index (χ4v) is 0.864. The van der Waals surface area contributed by atoms with Crippen LogP contribution in [0.5, 0.6) is 0 Å². The quantitative estimate of drug-likeness (QED) is 0.632. The number of aryl methyl sites for hydroxylation is 1. The predicted molar refractivity (Wildman–Crippen MR) is 39.9 cm³/mol. The summed E-state index contributed by atoms with van der Waals surface area (Å²) in [6, 6.07) is 0. The van der Waals surface area contributed by atoms with E-state index in [9.17, 15) is 0 Å². The molecule has 4 heteroatoms. The number of aliphatic hydroxyl groups is 2. The Hall–Kier alpha value is -0.870. The highest BCUT2D eigenvalue weighted by atomic mass is 16.3. The normalized spacial score (nSPS) is 10.4. The molecule has 0 aliphatic carbocycles. The molecule has 1 heterocycles. The van der Waals surface area contributed by atoms with Crippen molar-refractivity contribution in [2.45, 2.75) is 19.6 Å². The van der Waals surface area contributed by atoms with Crippen LogP contribution in [0.2, 0.25) is 0 Å². The van der Waals surface area contributed by atoms with Crippen molar-refractivity contribution in [3.63, 3.8) is 0 Å². The standard InChI is InChI=1S/C7H12N2O2/c10-3-1-2-9-4-7(5-11)8-6-9/h4,6,10-11H,1-3,5H2. The SMILES string of the molecule is OCCCn1cnc(CO)c1. The number of hydrogen-bond acceptors (Lipinski definition) is 3. The van der Waals surface area contributed by atoms with E-state index in [4.69, 9.17) is 10.2 Å². The largest absolute Gasteiger partial charge is 0.396 e. The second-order valence-corrected chi connectivity index (χ2v) is 2.34. The van der Waals surface area contributed by atoms with Crippen LogP contribution in [0.3, 0.4) is 0 Å². The van der Waals surface area contributed by atoms with Gasteiger partial charge in [0.15, 0.2) is 0 Å². The minimum atomic E-state index is -0.0217. The molecule has 1 aromatic rings. The maximum Gasteiger partial charge on any atom is 0.0950 e. The van der Waals surface area contributed by atoms with E-state index in [1.54, 1.807) is 12.5 Å². The van der Waals surface area contributed by atoms with Gasteiger partial charge in [-0.25, -0.2) is 4.98 Å². The van der Waals surface area contributed by atoms with E-state index in [0.29, 0.717) is 5.69 Å². The van der Waals surface area contributed by atoms with Gasteiger partial charge in [0.05, 0.1) is 18.6 Å². The van der Waals surface area contributed by atoms with Crippen molar-refractivity contribution in [2.24, 2.45) is 0 Å². The summed E-state index contributed by atoms with van der Waals surface area (Å²) in [6.45, 7) is 0.919. The molecule has 11 heavy (non-hydrogen) atoms. The molecule has 2 N–H and O–H groups in total. The van der Waals surface area contributed by atoms with Gasteiger partial charge in [0.1, 0.15) is 0 Å². The Morgan fingerprint density at radius 3 is 2.82 bits per heavy atom. The third-order valence-electron chi connectivity index (χ3n) is 1.42. The maximum absolute atomic E-state index is 8.65. The summed E-state index contributed by atoms with van der Waals surface area (Å²) < 4.78 is 1.85. The molecule has 1 aromatic heterocycles. The van der Waals surface area contributed by atoms with Gasteiger partial charge in [0.25, 0.3) is 0 Å². The molecule has 62 valence electrons. The molecule has 0 amide bonds. The first-order valence-electron chi connectivity index (χ1n) is 3.59. The maximum atomic E-state index is 8.65. The molecule has 0 unspecified atom stereocenters. The summed E-state index contributed by atoms with van der Waals surface area (Å²) in [7, 11) is 0. The molecular weight excluding hydrogens is 144 g/mol. The average molecular weight is 156 g/mol. The highest BCUT2D eigenvalue weighted by molar-refractivity contribution is 4.93. The van der Waals surface area contributed by atoms with Crippen molar-refractivity contribution in [1.82, 2.24) is 9.55 Å². The molecule has 0 saturated heterocycles. The molecule has 1 rings (SSSR count). The number of nitrogens with zero attached hydrogens (tertiary/aromatic N) is 2. The Morgan fingerprint density at radius 2 is 2.27 bits per heavy atom. The van der Waals surface area contributed by atoms with E-state index in [1.807, 2.05) is 4.57 Å². The zero-order valence-electron chi connectivity index (χ0n) is 6.27. The molecule has 0 atom stereocenters. The Kier molecular flexibility index (Phi) is 3.07. The zero-order valence-corrected chi connectivity index (χ0v) is 6.27. The Bertz CT molecular complexity index is 210. The monoisotopic (exact) mass is 156 g/mol. The zero-order chi connectivity index (χ0) is 8.10. The van der Waals surface area contributed by atoms with Crippen molar-refractivity contribution in [3.05, 3.63) is 18.2 Å². The predicted octanol–water partition coefficient (Wildman–Crippen LogP) is -0.242. The first-order chi connectivity index (χ1) is 5.36. The molecule has 0 aliphatic rings. The van der Waals surface area contributed by atoms with E-state index >= 15 is 0 Å². The number of hydrogen-bond donors (Lipinski definition) is 2. The molecule has 0 bridgehead atoms. The lowest BCUT2D eigenvalue weighted by molar-refractivity contribution is 0.276. The molecule has 0 spiro atoms. The van der Waals surface area contributed by atoms with Crippen LogP contribution >= 0.6 is 0 Å². The van der Waals surface area contributed by atoms with Gasteiger partial charge in [-0.05, 0) is 6.42 Å². The topological polar surface area (TPSA) is 58.3 Å². The summed E-state index contributed by atoms with van der Waals surface area (Å²) in [5, 5.41) is 17.2. The van der Waals surface area contributed by atoms with Gasteiger partial charge in [-0.2, -0.15) is 0 Å². The Balaban J connectivity index is 2.44. The minimum Gasteiger partial charge on any atom is -0.396 e. The first-order valence-corrected chi connectivity index (χ1v) is 3.59. The Labute approximate surface area is 65.1 Å². The van der Waals surface area contributed by atoms with Gasteiger partial charge in [0.2, 0.25) is 0 Å². The van der Waals surface area contributed by atoms with E-state index in [1.165, 1.54) is 0 Å². The number of imidazole rings is 1. The summed E-state index contributed by atoms with van der Waals surface area (Å²) in [4.78, 5) is 3.92. The second kappa shape index (κ2) is 4.10. The molecular formula is C7H12N2O2. The minimum absolute atomic E-state index is 0.0217. The van der Waals surface area contributed by atoms with Gasteiger partial charge in [0, 0.05) is 19.3 Å². The van der Waals surface area contributed by atoms with Crippen molar-refractivity contribution < 1.29 is 10.2 Å². The van der Waals surface area contributed by atoms with Crippen molar-refractivity contribution in [3.8, 4) is 0 Å². The van der Waals surface area contributed by atoms with Gasteiger partial charge < -0.3 is 14.8 Å². The third-order valence-corrected chi connectivity index (χ3v) is 1.42. The van der Waals surface area contributed by atoms with Crippen LogP contribution in [-0.4, -0.2) is 26.4 Å². The van der Waals surface area contributed by atoms with Gasteiger partial charge >= 0.3 is 0 Å². The molecule has 0 saturated carbocycles. The highest BCUT2D eigenvalue weighted by Crippen LogP contribution is 1.96. The summed E-state index contributed by atoms with van der Waals surface area (Å²) in [6.07, 6.45) is 4.15. The van der Waals surface area contributed by atoms with Gasteiger partial charge in [-0.15, -0.1) is 0 Å². The third kappa shape index (κ3) is 2.32. The lowest BCUT2D eigenvalue weighted by Crippen LogP contribution is -1.96. The molecule has 4 nitrogen and oxygen atoms in total. The van der Waals surface area contributed by atoms with Crippen LogP contribution in [0, 0.1) is 0 Å². The fourth-order valence-electron chi connectivity index (χ4n) is 0.864. The van der Waals surface area contributed by atoms with Crippen LogP contribution in [0.4, 0.5) is 0 Å². The van der Waals surface area contributed by atoms with Crippen LogP contribution in [0.1, 0.15) is 12.1 Å². The Morgan fingerprint density at radius 1 is 1.45 bits per heavy atom. The summed E-state index contributed by atoms with van der Waals surface area (Å²) >= 11 is 0. The molecule has 0 aromatic carbocycles. The number of rotatable bonds is 4. The second-order valence-electron chi connectivity index (χ2n) is 2.34. The van der Waals surface area contributed by atoms with E-state index in [2.05, 4.69) is 4.98 Å². The van der Waals surface area contributed by atoms with Gasteiger partial charge in [-0.1, -0.05) is 0 Å². The highest BCUT2D eigenvalue weighted by Gasteiger charge is 1.94. The van der Waals surface area contributed by atoms with Crippen LogP contribution in [0.25, 0.3) is 0 Å². The van der Waals surface area contributed by atoms with Gasteiger partial charge in [-0.3, -0.25) is 0 Å². The lowest BCUT2D eigenvalue weighted by Gasteiger charge is -1.96. The fraction of sp³-hybridized carbons (Fsp3) is 0.571. The molecule has 0 aliphatic heterocycles. The average Bonchev–Trinajstić information content (AvgIpc) is 2.48. The number of aromatic nitrogens is 2. The van der Waals surface area contributed by atoms with E-state index < -0.39 is 0 Å². The van der Waals surface area contributed by atoms with Crippen molar-refractivity contribution in [2.75, 3.05) is 6.61 Å². The van der Waals surface area contributed by atoms with Crippen LogP contribution in [-0.2, 0) is 13.2 Å². The summed E-state index contributed by atoms with van der Waals surface area (Å²) in [5.74, 6) is 0. The van der Waals surface area contributed by atoms with E-state index in [-0.39, 0.29) is 13.2 Å².